The third-order valence-electron chi connectivity index (χ3n) is 1.58. The topological polar surface area (TPSA) is 71.8 Å². The molecule has 0 radical (unpaired) electrons. The van der Waals surface area contributed by atoms with Crippen molar-refractivity contribution in [3.63, 3.8) is 0 Å². The highest BCUT2D eigenvalue weighted by Gasteiger charge is 2.20. The quantitative estimate of drug-likeness (QED) is 0.574. The van der Waals surface area contributed by atoms with Crippen LogP contribution in [0.1, 0.15) is 0 Å². The molecule has 0 bridgehead atoms. The minimum absolute atomic E-state index is 0.230. The predicted octanol–water partition coefficient (Wildman–Crippen LogP) is -1.22. The van der Waals surface area contributed by atoms with Gasteiger partial charge in [0.15, 0.2) is 5.75 Å². The summed E-state index contributed by atoms with van der Waals surface area (Å²) in [5.41, 5.74) is 0.231. The zero-order valence-corrected chi connectivity index (χ0v) is 7.39. The van der Waals surface area contributed by atoms with Gasteiger partial charge in [-0.25, -0.2) is 4.98 Å². The minimum Gasteiger partial charge on any atom is -0.492 e. The first-order chi connectivity index (χ1) is 6.20. The first-order valence-corrected chi connectivity index (χ1v) is 3.63. The Kier molecular flexibility index (Phi) is 3.10. The van der Waals surface area contributed by atoms with Gasteiger partial charge >= 0.3 is 7.12 Å². The second-order valence-corrected chi connectivity index (χ2v) is 2.32. The summed E-state index contributed by atoms with van der Waals surface area (Å²) in [5, 5.41) is 17.9. The van der Waals surface area contributed by atoms with Gasteiger partial charge in [-0.05, 0) is 6.07 Å². The number of methoxy groups -OCH3 is 2. The molecule has 0 atom stereocenters. The van der Waals surface area contributed by atoms with E-state index < -0.39 is 7.12 Å². The molecule has 13 heavy (non-hydrogen) atoms. The van der Waals surface area contributed by atoms with Crippen LogP contribution in [0.25, 0.3) is 0 Å². The van der Waals surface area contributed by atoms with E-state index in [1.807, 2.05) is 0 Å². The van der Waals surface area contributed by atoms with Crippen molar-refractivity contribution in [1.29, 1.82) is 0 Å². The molecule has 0 aliphatic rings. The van der Waals surface area contributed by atoms with Gasteiger partial charge in [0.05, 0.1) is 14.2 Å². The standard InChI is InChI=1S/C7H10BNO4/c1-12-6-5(8(10)11)3-4-9-7(6)13-2/h3-4,10-11H,1-2H3. The average Bonchev–Trinajstić information content (AvgIpc) is 2.16. The van der Waals surface area contributed by atoms with E-state index in [2.05, 4.69) is 4.98 Å². The van der Waals surface area contributed by atoms with Gasteiger partial charge in [-0.15, -0.1) is 0 Å². The van der Waals surface area contributed by atoms with Crippen molar-refractivity contribution in [2.75, 3.05) is 14.2 Å². The zero-order chi connectivity index (χ0) is 9.84. The summed E-state index contributed by atoms with van der Waals surface area (Å²) in [5.74, 6) is 0.466. The van der Waals surface area contributed by atoms with Crippen molar-refractivity contribution in [3.8, 4) is 11.6 Å². The van der Waals surface area contributed by atoms with Crippen LogP contribution in [0.3, 0.4) is 0 Å². The van der Waals surface area contributed by atoms with Crippen LogP contribution in [0, 0.1) is 0 Å². The maximum atomic E-state index is 8.95. The highest BCUT2D eigenvalue weighted by Crippen LogP contribution is 2.20. The molecule has 0 aliphatic heterocycles. The molecule has 0 unspecified atom stereocenters. The second kappa shape index (κ2) is 4.11. The van der Waals surface area contributed by atoms with E-state index in [0.717, 1.165) is 0 Å². The molecule has 70 valence electrons. The first-order valence-electron chi connectivity index (χ1n) is 3.63. The lowest BCUT2D eigenvalue weighted by molar-refractivity contribution is 0.342. The maximum absolute atomic E-state index is 8.95. The van der Waals surface area contributed by atoms with Crippen LogP contribution in [-0.4, -0.2) is 36.4 Å². The third-order valence-corrected chi connectivity index (χ3v) is 1.58. The molecule has 0 amide bonds. The molecular weight excluding hydrogens is 173 g/mol. The molecule has 0 aliphatic carbocycles. The van der Waals surface area contributed by atoms with Crippen LogP contribution in [0.15, 0.2) is 12.3 Å². The number of ether oxygens (including phenoxy) is 2. The number of hydrogen-bond acceptors (Lipinski definition) is 5. The second-order valence-electron chi connectivity index (χ2n) is 2.32. The molecule has 6 heteroatoms. The number of aromatic nitrogens is 1. The summed E-state index contributed by atoms with van der Waals surface area (Å²) in [6.45, 7) is 0. The summed E-state index contributed by atoms with van der Waals surface area (Å²) in [4.78, 5) is 3.84. The van der Waals surface area contributed by atoms with Gasteiger partial charge in [0.2, 0.25) is 0 Å². The third kappa shape index (κ3) is 1.91. The van der Waals surface area contributed by atoms with Crippen molar-refractivity contribution >= 4 is 12.6 Å². The fourth-order valence-electron chi connectivity index (χ4n) is 0.997. The summed E-state index contributed by atoms with van der Waals surface area (Å²) in [7, 11) is 1.25. The minimum atomic E-state index is -1.59. The SMILES string of the molecule is COc1nccc(B(O)O)c1OC. The van der Waals surface area contributed by atoms with Gasteiger partial charge in [0.25, 0.3) is 5.88 Å². The largest absolute Gasteiger partial charge is 0.492 e. The lowest BCUT2D eigenvalue weighted by Gasteiger charge is -2.10. The van der Waals surface area contributed by atoms with Crippen molar-refractivity contribution in [2.45, 2.75) is 0 Å². The van der Waals surface area contributed by atoms with Crippen LogP contribution in [0.5, 0.6) is 11.6 Å². The molecule has 2 N–H and O–H groups in total. The molecule has 0 fully saturated rings. The van der Waals surface area contributed by atoms with Gasteiger partial charge in [-0.1, -0.05) is 0 Å². The van der Waals surface area contributed by atoms with Crippen molar-refractivity contribution < 1.29 is 19.5 Å². The Bertz CT molecular complexity index is 292. The Hall–Kier alpha value is -1.27. The predicted molar refractivity (Wildman–Crippen MR) is 47.2 cm³/mol. The van der Waals surface area contributed by atoms with Crippen molar-refractivity contribution in [3.05, 3.63) is 12.3 Å². The van der Waals surface area contributed by atoms with Gasteiger partial charge in [0, 0.05) is 11.7 Å². The van der Waals surface area contributed by atoms with E-state index in [-0.39, 0.29) is 17.1 Å². The Balaban J connectivity index is 3.19. The van der Waals surface area contributed by atoms with E-state index in [1.165, 1.54) is 26.5 Å². The van der Waals surface area contributed by atoms with Crippen LogP contribution >= 0.6 is 0 Å². The molecule has 0 saturated heterocycles. The van der Waals surface area contributed by atoms with E-state index in [0.29, 0.717) is 0 Å². The lowest BCUT2D eigenvalue weighted by Crippen LogP contribution is -2.31. The van der Waals surface area contributed by atoms with E-state index in [1.54, 1.807) is 0 Å². The summed E-state index contributed by atoms with van der Waals surface area (Å²) in [6, 6.07) is 1.45. The number of hydrogen-bond donors (Lipinski definition) is 2. The van der Waals surface area contributed by atoms with E-state index in [4.69, 9.17) is 19.5 Å². The lowest BCUT2D eigenvalue weighted by atomic mass is 9.80. The van der Waals surface area contributed by atoms with Gasteiger partial charge < -0.3 is 19.5 Å². The van der Waals surface area contributed by atoms with Crippen molar-refractivity contribution in [2.24, 2.45) is 0 Å². The monoisotopic (exact) mass is 183 g/mol. The first kappa shape index (κ1) is 9.82. The fourth-order valence-corrected chi connectivity index (χ4v) is 0.997. The molecule has 1 rings (SSSR count). The normalized spacial score (nSPS) is 9.54. The molecule has 5 nitrogen and oxygen atoms in total. The smallest absolute Gasteiger partial charge is 0.492 e. The zero-order valence-electron chi connectivity index (χ0n) is 7.39. The Morgan fingerprint density at radius 2 is 2.00 bits per heavy atom. The molecule has 0 saturated carbocycles. The van der Waals surface area contributed by atoms with Crippen LogP contribution in [0.2, 0.25) is 0 Å². The van der Waals surface area contributed by atoms with E-state index in [9.17, 15) is 0 Å². The summed E-state index contributed by atoms with van der Waals surface area (Å²) >= 11 is 0. The highest BCUT2D eigenvalue weighted by molar-refractivity contribution is 6.59. The Morgan fingerprint density at radius 3 is 2.46 bits per heavy atom. The summed E-state index contributed by atoms with van der Waals surface area (Å²) < 4.78 is 9.79. The number of rotatable bonds is 3. The molecule has 0 spiro atoms. The van der Waals surface area contributed by atoms with E-state index >= 15 is 0 Å². The van der Waals surface area contributed by atoms with Gasteiger partial charge in [0.1, 0.15) is 0 Å². The Labute approximate surface area is 76.1 Å². The number of pyridine rings is 1. The highest BCUT2D eigenvalue weighted by atomic mass is 16.5. The van der Waals surface area contributed by atoms with Crippen molar-refractivity contribution in [1.82, 2.24) is 4.98 Å². The van der Waals surface area contributed by atoms with Gasteiger partial charge in [-0.3, -0.25) is 0 Å². The van der Waals surface area contributed by atoms with Crippen LogP contribution in [-0.2, 0) is 0 Å². The summed E-state index contributed by atoms with van der Waals surface area (Å²) in [6.07, 6.45) is 1.41. The average molecular weight is 183 g/mol. The molecule has 0 aromatic carbocycles. The molecule has 1 heterocycles. The molecule has 1 aromatic rings. The number of nitrogens with zero attached hydrogens (tertiary/aromatic N) is 1. The van der Waals surface area contributed by atoms with Crippen LogP contribution in [0.4, 0.5) is 0 Å². The molecule has 1 aromatic heterocycles. The fraction of sp³-hybridized carbons (Fsp3) is 0.286. The molecular formula is C7H10BNO4. The Morgan fingerprint density at radius 1 is 1.31 bits per heavy atom. The van der Waals surface area contributed by atoms with Crippen LogP contribution < -0.4 is 14.9 Å². The van der Waals surface area contributed by atoms with Gasteiger partial charge in [-0.2, -0.15) is 0 Å². The maximum Gasteiger partial charge on any atom is 0.492 e.